The van der Waals surface area contributed by atoms with Gasteiger partial charge in [-0.05, 0) is 54.7 Å². The maximum absolute atomic E-state index is 12.9. The predicted octanol–water partition coefficient (Wildman–Crippen LogP) is 2.98. The zero-order valence-electron chi connectivity index (χ0n) is 15.1. The topological polar surface area (TPSA) is 80.6 Å². The van der Waals surface area contributed by atoms with Crippen LogP contribution >= 0.6 is 0 Å². The Morgan fingerprint density at radius 2 is 1.78 bits per heavy atom. The van der Waals surface area contributed by atoms with E-state index in [9.17, 15) is 9.59 Å². The summed E-state index contributed by atoms with van der Waals surface area (Å²) in [5, 5.41) is 5.86. The zero-order valence-corrected chi connectivity index (χ0v) is 15.1. The number of carbonyl (C=O) groups excluding carboxylic acids is 2. The second-order valence-electron chi connectivity index (χ2n) is 7.01. The fourth-order valence-electron chi connectivity index (χ4n) is 4.14. The SMILES string of the molecule is COc1ccc(NC(=O)[C@@H]2[C@@H](C(=O)NCc3ccco3)[C@H]3C=C[C@@H]2C3)cc1. The average Bonchev–Trinajstić information content (AvgIpc) is 3.43. The van der Waals surface area contributed by atoms with Crippen molar-refractivity contribution in [1.29, 1.82) is 0 Å². The van der Waals surface area contributed by atoms with Crippen LogP contribution < -0.4 is 15.4 Å². The molecule has 2 aliphatic rings. The van der Waals surface area contributed by atoms with Crippen LogP contribution in [0.5, 0.6) is 5.75 Å². The van der Waals surface area contributed by atoms with E-state index in [1.807, 2.05) is 6.07 Å². The third-order valence-corrected chi connectivity index (χ3v) is 5.44. The maximum Gasteiger partial charge on any atom is 0.228 e. The van der Waals surface area contributed by atoms with Crippen molar-refractivity contribution in [3.05, 3.63) is 60.6 Å². The lowest BCUT2D eigenvalue weighted by molar-refractivity contribution is -0.133. The Balaban J connectivity index is 1.45. The Hall–Kier alpha value is -3.02. The number of anilines is 1. The smallest absolute Gasteiger partial charge is 0.228 e. The first-order valence-electron chi connectivity index (χ1n) is 9.09. The number of methoxy groups -OCH3 is 1. The summed E-state index contributed by atoms with van der Waals surface area (Å²) in [7, 11) is 1.60. The highest BCUT2D eigenvalue weighted by Gasteiger charge is 2.51. The second-order valence-corrected chi connectivity index (χ2v) is 7.01. The molecule has 6 nitrogen and oxygen atoms in total. The van der Waals surface area contributed by atoms with Gasteiger partial charge in [0.2, 0.25) is 11.8 Å². The first kappa shape index (κ1) is 17.4. The molecule has 0 saturated heterocycles. The minimum atomic E-state index is -0.362. The van der Waals surface area contributed by atoms with Gasteiger partial charge in [0.1, 0.15) is 11.5 Å². The fourth-order valence-corrected chi connectivity index (χ4v) is 4.14. The minimum absolute atomic E-state index is 0.0990. The average molecular weight is 366 g/mol. The van der Waals surface area contributed by atoms with E-state index in [-0.39, 0.29) is 35.5 Å². The number of benzene rings is 1. The number of fused-ring (bicyclic) bond motifs is 2. The molecule has 2 aromatic rings. The molecule has 1 fully saturated rings. The highest BCUT2D eigenvalue weighted by molar-refractivity contribution is 5.97. The maximum atomic E-state index is 12.9. The molecule has 2 bridgehead atoms. The number of ether oxygens (including phenoxy) is 1. The van der Waals surface area contributed by atoms with Crippen molar-refractivity contribution < 1.29 is 18.7 Å². The van der Waals surface area contributed by atoms with Crippen molar-refractivity contribution in [3.8, 4) is 5.75 Å². The number of rotatable bonds is 6. The van der Waals surface area contributed by atoms with Crippen LogP contribution in [0, 0.1) is 23.7 Å². The van der Waals surface area contributed by atoms with Crippen LogP contribution in [0.15, 0.2) is 59.2 Å². The molecule has 1 aromatic carbocycles. The number of amides is 2. The predicted molar refractivity (Wildman–Crippen MR) is 99.9 cm³/mol. The molecular formula is C21H22N2O4. The largest absolute Gasteiger partial charge is 0.497 e. The van der Waals surface area contributed by atoms with Gasteiger partial charge in [-0.15, -0.1) is 0 Å². The Labute approximate surface area is 157 Å². The van der Waals surface area contributed by atoms with Gasteiger partial charge in [-0.2, -0.15) is 0 Å². The number of carbonyl (C=O) groups is 2. The monoisotopic (exact) mass is 366 g/mol. The standard InChI is InChI=1S/C21H22N2O4/c1-26-16-8-6-15(7-9-16)23-21(25)19-14-5-4-13(11-14)18(19)20(24)22-12-17-3-2-10-27-17/h2-10,13-14,18-19H,11-12H2,1H3,(H,22,24)(H,23,25)/t13-,14+,18-,19-/m0/s1. The molecule has 0 aliphatic heterocycles. The first-order valence-corrected chi connectivity index (χ1v) is 9.09. The zero-order chi connectivity index (χ0) is 18.8. The number of allylic oxidation sites excluding steroid dienone is 2. The van der Waals surface area contributed by atoms with Gasteiger partial charge in [-0.25, -0.2) is 0 Å². The summed E-state index contributed by atoms with van der Waals surface area (Å²) < 4.78 is 10.4. The van der Waals surface area contributed by atoms with Crippen molar-refractivity contribution >= 4 is 17.5 Å². The fraction of sp³-hybridized carbons (Fsp3) is 0.333. The molecule has 1 saturated carbocycles. The van der Waals surface area contributed by atoms with Crippen molar-refractivity contribution in [2.75, 3.05) is 12.4 Å². The normalized spacial score (nSPS) is 25.4. The molecule has 140 valence electrons. The Kier molecular flexibility index (Phi) is 4.71. The third-order valence-electron chi connectivity index (χ3n) is 5.44. The number of hydrogen-bond acceptors (Lipinski definition) is 4. The summed E-state index contributed by atoms with van der Waals surface area (Å²) in [6.07, 6.45) is 6.56. The van der Waals surface area contributed by atoms with E-state index >= 15 is 0 Å². The Morgan fingerprint density at radius 1 is 1.07 bits per heavy atom. The molecule has 0 spiro atoms. The van der Waals surface area contributed by atoms with Crippen LogP contribution in [-0.2, 0) is 16.1 Å². The molecule has 4 atom stereocenters. The summed E-state index contributed by atoms with van der Waals surface area (Å²) in [6, 6.07) is 10.8. The van der Waals surface area contributed by atoms with Gasteiger partial charge in [-0.3, -0.25) is 9.59 Å². The van der Waals surface area contributed by atoms with Gasteiger partial charge in [0.05, 0.1) is 31.8 Å². The van der Waals surface area contributed by atoms with Crippen molar-refractivity contribution in [2.24, 2.45) is 23.7 Å². The quantitative estimate of drug-likeness (QED) is 0.770. The van der Waals surface area contributed by atoms with Gasteiger partial charge in [0, 0.05) is 5.69 Å². The molecule has 4 rings (SSSR count). The van der Waals surface area contributed by atoms with Gasteiger partial charge in [0.25, 0.3) is 0 Å². The number of furan rings is 1. The lowest BCUT2D eigenvalue weighted by atomic mass is 9.81. The molecule has 0 unspecified atom stereocenters. The van der Waals surface area contributed by atoms with E-state index in [1.54, 1.807) is 43.7 Å². The highest BCUT2D eigenvalue weighted by Crippen LogP contribution is 2.48. The van der Waals surface area contributed by atoms with Crippen LogP contribution in [0.25, 0.3) is 0 Å². The van der Waals surface area contributed by atoms with Crippen LogP contribution in [0.3, 0.4) is 0 Å². The minimum Gasteiger partial charge on any atom is -0.497 e. The van der Waals surface area contributed by atoms with E-state index in [0.717, 1.165) is 12.2 Å². The van der Waals surface area contributed by atoms with Crippen molar-refractivity contribution in [3.63, 3.8) is 0 Å². The summed E-state index contributed by atoms with van der Waals surface area (Å²) in [5.74, 6) is 0.707. The van der Waals surface area contributed by atoms with E-state index in [0.29, 0.717) is 18.0 Å². The van der Waals surface area contributed by atoms with E-state index in [4.69, 9.17) is 9.15 Å². The number of nitrogens with one attached hydrogen (secondary N) is 2. The first-order chi connectivity index (χ1) is 13.2. The summed E-state index contributed by atoms with van der Waals surface area (Å²) in [4.78, 5) is 25.7. The van der Waals surface area contributed by atoms with Gasteiger partial charge >= 0.3 is 0 Å². The van der Waals surface area contributed by atoms with Gasteiger partial charge < -0.3 is 19.8 Å². The summed E-state index contributed by atoms with van der Waals surface area (Å²) in [6.45, 7) is 0.330. The number of hydrogen-bond donors (Lipinski definition) is 2. The molecule has 6 heteroatoms. The third kappa shape index (κ3) is 3.47. The molecule has 2 N–H and O–H groups in total. The molecule has 0 radical (unpaired) electrons. The molecule has 27 heavy (non-hydrogen) atoms. The van der Waals surface area contributed by atoms with Gasteiger partial charge in [-0.1, -0.05) is 12.2 Å². The molecule has 2 amide bonds. The van der Waals surface area contributed by atoms with Crippen molar-refractivity contribution in [2.45, 2.75) is 13.0 Å². The van der Waals surface area contributed by atoms with Crippen LogP contribution in [-0.4, -0.2) is 18.9 Å². The highest BCUT2D eigenvalue weighted by atomic mass is 16.5. The Morgan fingerprint density at radius 3 is 2.41 bits per heavy atom. The van der Waals surface area contributed by atoms with E-state index in [2.05, 4.69) is 22.8 Å². The Bertz CT molecular complexity index is 842. The summed E-state index contributed by atoms with van der Waals surface area (Å²) in [5.41, 5.74) is 0.697. The molecule has 2 aliphatic carbocycles. The van der Waals surface area contributed by atoms with Crippen molar-refractivity contribution in [1.82, 2.24) is 5.32 Å². The lowest BCUT2D eigenvalue weighted by Gasteiger charge is -2.26. The molecule has 1 heterocycles. The van der Waals surface area contributed by atoms with E-state index < -0.39 is 0 Å². The van der Waals surface area contributed by atoms with Crippen LogP contribution in [0.2, 0.25) is 0 Å². The van der Waals surface area contributed by atoms with E-state index in [1.165, 1.54) is 0 Å². The summed E-state index contributed by atoms with van der Waals surface area (Å²) >= 11 is 0. The van der Waals surface area contributed by atoms with Crippen LogP contribution in [0.4, 0.5) is 5.69 Å². The molecule has 1 aromatic heterocycles. The second kappa shape index (κ2) is 7.31. The van der Waals surface area contributed by atoms with Gasteiger partial charge in [0.15, 0.2) is 0 Å². The van der Waals surface area contributed by atoms with Crippen LogP contribution in [0.1, 0.15) is 12.2 Å². The lowest BCUT2D eigenvalue weighted by Crippen LogP contribution is -2.41. The molecular weight excluding hydrogens is 344 g/mol.